The molecule has 0 saturated heterocycles. The number of pyridine rings is 2. The Labute approximate surface area is 181 Å². The van der Waals surface area contributed by atoms with Gasteiger partial charge in [-0.1, -0.05) is 12.1 Å². The molecular formula is C25H23N5O. The van der Waals surface area contributed by atoms with Gasteiger partial charge >= 0.3 is 0 Å². The van der Waals surface area contributed by atoms with Crippen LogP contribution in [0.1, 0.15) is 21.7 Å². The van der Waals surface area contributed by atoms with Crippen LogP contribution in [0.3, 0.4) is 0 Å². The molecule has 4 aromatic rings. The number of nitrogens with one attached hydrogen (secondary N) is 3. The molecule has 31 heavy (non-hydrogen) atoms. The first kappa shape index (κ1) is 20.1. The van der Waals surface area contributed by atoms with Crippen LogP contribution in [-0.2, 0) is 0 Å². The maximum Gasteiger partial charge on any atom is 0.255 e. The lowest BCUT2D eigenvalue weighted by molar-refractivity contribution is 0.102. The first-order valence-corrected chi connectivity index (χ1v) is 9.96. The average Bonchev–Trinajstić information content (AvgIpc) is 2.74. The van der Waals surface area contributed by atoms with Crippen LogP contribution in [-0.4, -0.2) is 15.9 Å². The summed E-state index contributed by atoms with van der Waals surface area (Å²) in [4.78, 5) is 21.2. The number of anilines is 5. The van der Waals surface area contributed by atoms with Gasteiger partial charge in [0.1, 0.15) is 0 Å². The van der Waals surface area contributed by atoms with Crippen molar-refractivity contribution in [3.05, 3.63) is 102 Å². The molecule has 154 valence electrons. The molecule has 0 radical (unpaired) electrons. The van der Waals surface area contributed by atoms with Gasteiger partial charge in [0.15, 0.2) is 0 Å². The summed E-state index contributed by atoms with van der Waals surface area (Å²) >= 11 is 0. The minimum atomic E-state index is -0.175. The van der Waals surface area contributed by atoms with Crippen LogP contribution in [0.25, 0.3) is 0 Å². The molecule has 0 bridgehead atoms. The van der Waals surface area contributed by atoms with Crippen LogP contribution < -0.4 is 16.0 Å². The number of hydrogen-bond donors (Lipinski definition) is 3. The van der Waals surface area contributed by atoms with Crippen molar-refractivity contribution >= 4 is 34.3 Å². The SMILES string of the molecule is Cc1cc(Nc2cccc(NC(=O)c3cccc(Nc4ccnc(C)c4)c3)c2)ccn1. The summed E-state index contributed by atoms with van der Waals surface area (Å²) < 4.78 is 0. The molecule has 0 aliphatic rings. The quantitative estimate of drug-likeness (QED) is 0.373. The van der Waals surface area contributed by atoms with Crippen molar-refractivity contribution in [1.82, 2.24) is 9.97 Å². The highest BCUT2D eigenvalue weighted by molar-refractivity contribution is 6.05. The van der Waals surface area contributed by atoms with E-state index in [0.717, 1.165) is 34.1 Å². The molecule has 2 aromatic heterocycles. The van der Waals surface area contributed by atoms with Crippen LogP contribution in [0.2, 0.25) is 0 Å². The highest BCUT2D eigenvalue weighted by Gasteiger charge is 2.08. The molecule has 0 aliphatic heterocycles. The Balaban J connectivity index is 1.46. The zero-order valence-electron chi connectivity index (χ0n) is 17.4. The minimum absolute atomic E-state index is 0.175. The van der Waals surface area contributed by atoms with E-state index in [4.69, 9.17) is 0 Å². The van der Waals surface area contributed by atoms with Crippen molar-refractivity contribution in [2.45, 2.75) is 13.8 Å². The fraction of sp³-hybridized carbons (Fsp3) is 0.0800. The van der Waals surface area contributed by atoms with Crippen molar-refractivity contribution in [3.63, 3.8) is 0 Å². The third kappa shape index (κ3) is 5.45. The summed E-state index contributed by atoms with van der Waals surface area (Å²) in [6.45, 7) is 3.88. The molecule has 2 aromatic carbocycles. The van der Waals surface area contributed by atoms with E-state index >= 15 is 0 Å². The summed E-state index contributed by atoms with van der Waals surface area (Å²) in [5, 5.41) is 9.61. The number of hydrogen-bond acceptors (Lipinski definition) is 5. The summed E-state index contributed by atoms with van der Waals surface area (Å²) in [6.07, 6.45) is 3.51. The van der Waals surface area contributed by atoms with E-state index in [1.54, 1.807) is 18.5 Å². The Bertz CT molecular complexity index is 1220. The standard InChI is InChI=1S/C25H23N5O/c1-17-13-23(9-11-26-17)28-20-6-3-5-19(15-20)25(31)30-22-8-4-7-21(16-22)29-24-10-12-27-18(2)14-24/h3-16H,1-2H3,(H,26,28)(H,27,29)(H,30,31). The normalized spacial score (nSPS) is 10.4. The van der Waals surface area contributed by atoms with Gasteiger partial charge in [0.05, 0.1) is 0 Å². The molecular weight excluding hydrogens is 386 g/mol. The molecule has 0 fully saturated rings. The van der Waals surface area contributed by atoms with Gasteiger partial charge in [-0.05, 0) is 74.5 Å². The molecule has 0 atom stereocenters. The van der Waals surface area contributed by atoms with Crippen LogP contribution >= 0.6 is 0 Å². The monoisotopic (exact) mass is 409 g/mol. The summed E-state index contributed by atoms with van der Waals surface area (Å²) in [7, 11) is 0. The molecule has 0 aliphatic carbocycles. The lowest BCUT2D eigenvalue weighted by atomic mass is 10.1. The third-order valence-corrected chi connectivity index (χ3v) is 4.62. The number of carbonyl (C=O) groups excluding carboxylic acids is 1. The first-order chi connectivity index (χ1) is 15.0. The van der Waals surface area contributed by atoms with E-state index < -0.39 is 0 Å². The third-order valence-electron chi connectivity index (χ3n) is 4.62. The van der Waals surface area contributed by atoms with Crippen molar-refractivity contribution in [2.24, 2.45) is 0 Å². The fourth-order valence-electron chi connectivity index (χ4n) is 3.20. The largest absolute Gasteiger partial charge is 0.355 e. The molecule has 0 saturated carbocycles. The molecule has 4 rings (SSSR count). The lowest BCUT2D eigenvalue weighted by Gasteiger charge is -2.11. The number of nitrogens with zero attached hydrogens (tertiary/aromatic N) is 2. The van der Waals surface area contributed by atoms with Gasteiger partial charge in [-0.3, -0.25) is 14.8 Å². The topological polar surface area (TPSA) is 78.9 Å². The van der Waals surface area contributed by atoms with Crippen LogP contribution in [0.5, 0.6) is 0 Å². The number of benzene rings is 2. The zero-order valence-corrected chi connectivity index (χ0v) is 17.4. The van der Waals surface area contributed by atoms with Gasteiger partial charge in [-0.2, -0.15) is 0 Å². The van der Waals surface area contributed by atoms with Gasteiger partial charge in [-0.15, -0.1) is 0 Å². The second-order valence-electron chi connectivity index (χ2n) is 7.24. The van der Waals surface area contributed by atoms with Gasteiger partial charge in [0, 0.05) is 57.8 Å². The molecule has 6 nitrogen and oxygen atoms in total. The van der Waals surface area contributed by atoms with Crippen molar-refractivity contribution in [2.75, 3.05) is 16.0 Å². The lowest BCUT2D eigenvalue weighted by Crippen LogP contribution is -2.12. The van der Waals surface area contributed by atoms with Gasteiger partial charge in [-0.25, -0.2) is 0 Å². The predicted molar refractivity (Wildman–Crippen MR) is 125 cm³/mol. The van der Waals surface area contributed by atoms with Gasteiger partial charge < -0.3 is 16.0 Å². The maximum absolute atomic E-state index is 12.8. The number of aromatic nitrogens is 2. The van der Waals surface area contributed by atoms with Crippen molar-refractivity contribution in [1.29, 1.82) is 0 Å². The van der Waals surface area contributed by atoms with Crippen LogP contribution in [0.15, 0.2) is 85.2 Å². The Morgan fingerprint density at radius 3 is 1.77 bits per heavy atom. The van der Waals surface area contributed by atoms with Crippen LogP contribution in [0.4, 0.5) is 28.4 Å². The van der Waals surface area contributed by atoms with E-state index in [2.05, 4.69) is 25.9 Å². The van der Waals surface area contributed by atoms with Crippen LogP contribution in [0, 0.1) is 13.8 Å². The Kier molecular flexibility index (Phi) is 5.89. The number of carbonyl (C=O) groups is 1. The van der Waals surface area contributed by atoms with E-state index in [-0.39, 0.29) is 5.91 Å². The Hall–Kier alpha value is -4.19. The highest BCUT2D eigenvalue weighted by atomic mass is 16.1. The molecule has 0 unspecified atom stereocenters. The van der Waals surface area contributed by atoms with Gasteiger partial charge in [0.2, 0.25) is 0 Å². The zero-order chi connectivity index (χ0) is 21.6. The summed E-state index contributed by atoms with van der Waals surface area (Å²) in [5.41, 5.74) is 6.73. The van der Waals surface area contributed by atoms with E-state index in [0.29, 0.717) is 11.3 Å². The number of amides is 1. The van der Waals surface area contributed by atoms with E-state index in [1.165, 1.54) is 0 Å². The first-order valence-electron chi connectivity index (χ1n) is 9.96. The summed E-state index contributed by atoms with van der Waals surface area (Å²) in [5.74, 6) is -0.175. The number of aryl methyl sites for hydroxylation is 2. The predicted octanol–water partition coefficient (Wildman–Crippen LogP) is 5.83. The van der Waals surface area contributed by atoms with Crippen molar-refractivity contribution in [3.8, 4) is 0 Å². The second kappa shape index (κ2) is 9.09. The van der Waals surface area contributed by atoms with Gasteiger partial charge in [0.25, 0.3) is 5.91 Å². The summed E-state index contributed by atoms with van der Waals surface area (Å²) in [6, 6.07) is 22.7. The van der Waals surface area contributed by atoms with Crippen molar-refractivity contribution < 1.29 is 4.79 Å². The molecule has 3 N–H and O–H groups in total. The van der Waals surface area contributed by atoms with E-state index in [9.17, 15) is 4.79 Å². The molecule has 2 heterocycles. The maximum atomic E-state index is 12.8. The second-order valence-corrected chi connectivity index (χ2v) is 7.24. The number of rotatable bonds is 6. The molecule has 6 heteroatoms. The molecule has 1 amide bonds. The average molecular weight is 409 g/mol. The highest BCUT2D eigenvalue weighted by Crippen LogP contribution is 2.22. The smallest absolute Gasteiger partial charge is 0.255 e. The minimum Gasteiger partial charge on any atom is -0.355 e. The molecule has 0 spiro atoms. The fourth-order valence-corrected chi connectivity index (χ4v) is 3.20. The Morgan fingerprint density at radius 1 is 0.645 bits per heavy atom. The Morgan fingerprint density at radius 2 is 1.16 bits per heavy atom. The van der Waals surface area contributed by atoms with E-state index in [1.807, 2.05) is 80.6 Å².